The molecule has 0 unspecified atom stereocenters. The molecule has 0 radical (unpaired) electrons. The van der Waals surface area contributed by atoms with Gasteiger partial charge in [-0.2, -0.15) is 0 Å². The Balaban J connectivity index is 2.00. The van der Waals surface area contributed by atoms with Crippen molar-refractivity contribution in [2.24, 2.45) is 0 Å². The van der Waals surface area contributed by atoms with E-state index >= 15 is 0 Å². The third kappa shape index (κ3) is 2.42. The van der Waals surface area contributed by atoms with E-state index in [9.17, 15) is 14.0 Å². The van der Waals surface area contributed by atoms with Crippen LogP contribution in [0.3, 0.4) is 0 Å². The van der Waals surface area contributed by atoms with E-state index in [0.717, 1.165) is 0 Å². The summed E-state index contributed by atoms with van der Waals surface area (Å²) in [5, 5.41) is 0.369. The lowest BCUT2D eigenvalue weighted by atomic mass is 9.98. The quantitative estimate of drug-likeness (QED) is 0.723. The van der Waals surface area contributed by atoms with Gasteiger partial charge in [-0.05, 0) is 18.2 Å². The summed E-state index contributed by atoms with van der Waals surface area (Å²) in [4.78, 5) is 27.4. The number of amides is 1. The normalized spacial score (nSPS) is 16.3. The van der Waals surface area contributed by atoms with Crippen molar-refractivity contribution in [3.8, 4) is 0 Å². The number of hydrogen-bond donors (Lipinski definition) is 0. The molecule has 1 aliphatic rings. The van der Waals surface area contributed by atoms with Gasteiger partial charge in [-0.3, -0.25) is 9.59 Å². The first kappa shape index (κ1) is 16.5. The second-order valence-electron chi connectivity index (χ2n) is 6.09. The number of benzene rings is 2. The van der Waals surface area contributed by atoms with E-state index in [1.165, 1.54) is 18.1 Å². The molecule has 1 aliphatic heterocycles. The summed E-state index contributed by atoms with van der Waals surface area (Å²) in [6.45, 7) is 0.479. The average Bonchev–Trinajstić information content (AvgIpc) is 2.93. The third-order valence-electron chi connectivity index (χ3n) is 4.61. The summed E-state index contributed by atoms with van der Waals surface area (Å²) in [5.74, 6) is -0.945. The number of ether oxygens (including phenoxy) is 1. The first-order valence-electron chi connectivity index (χ1n) is 8.23. The van der Waals surface area contributed by atoms with Crippen molar-refractivity contribution < 1.29 is 18.3 Å². The van der Waals surface area contributed by atoms with Crippen LogP contribution in [0.25, 0.3) is 11.0 Å². The number of nitrogens with zero attached hydrogens (tertiary/aromatic N) is 1. The van der Waals surface area contributed by atoms with Crippen LogP contribution in [0.15, 0.2) is 57.7 Å². The maximum Gasteiger partial charge on any atom is 0.290 e. The van der Waals surface area contributed by atoms with Gasteiger partial charge in [0, 0.05) is 19.2 Å². The Morgan fingerprint density at radius 1 is 1.12 bits per heavy atom. The molecular weight excluding hydrogens is 337 g/mol. The van der Waals surface area contributed by atoms with Gasteiger partial charge in [-0.15, -0.1) is 0 Å². The molecule has 4 rings (SSSR count). The fraction of sp³-hybridized carbons (Fsp3) is 0.200. The van der Waals surface area contributed by atoms with Crippen LogP contribution < -0.4 is 5.43 Å². The summed E-state index contributed by atoms with van der Waals surface area (Å²) in [7, 11) is 1.52. The topological polar surface area (TPSA) is 59.8 Å². The van der Waals surface area contributed by atoms with Crippen molar-refractivity contribution in [1.82, 2.24) is 4.90 Å². The molecule has 0 spiro atoms. The molecule has 0 N–H and O–H groups in total. The molecule has 6 heteroatoms. The minimum Gasteiger partial charge on any atom is -0.450 e. The van der Waals surface area contributed by atoms with Crippen molar-refractivity contribution in [3.05, 3.63) is 81.5 Å². The first-order valence-corrected chi connectivity index (χ1v) is 8.23. The highest BCUT2D eigenvalue weighted by Gasteiger charge is 2.43. The van der Waals surface area contributed by atoms with Crippen LogP contribution in [0.4, 0.5) is 4.39 Å². The maximum atomic E-state index is 14.5. The Morgan fingerprint density at radius 3 is 2.62 bits per heavy atom. The van der Waals surface area contributed by atoms with Crippen molar-refractivity contribution in [2.45, 2.75) is 6.04 Å². The molecule has 0 bridgehead atoms. The Morgan fingerprint density at radius 2 is 1.85 bits per heavy atom. The number of hydrogen-bond acceptors (Lipinski definition) is 4. The van der Waals surface area contributed by atoms with Crippen LogP contribution in [0, 0.1) is 5.82 Å². The molecule has 26 heavy (non-hydrogen) atoms. The summed E-state index contributed by atoms with van der Waals surface area (Å²) in [6, 6.07) is 12.0. The van der Waals surface area contributed by atoms with Crippen molar-refractivity contribution in [3.63, 3.8) is 0 Å². The standard InChI is InChI=1S/C20H16FNO4/c1-25-11-10-22-17(12-6-2-4-8-14(12)21)16-18(23)13-7-3-5-9-15(13)26-19(16)20(22)24/h2-9,17H,10-11H2,1H3/t17-/m0/s1. The Labute approximate surface area is 148 Å². The van der Waals surface area contributed by atoms with E-state index in [1.54, 1.807) is 42.5 Å². The van der Waals surface area contributed by atoms with Gasteiger partial charge >= 0.3 is 0 Å². The zero-order valence-corrected chi connectivity index (χ0v) is 14.1. The Bertz CT molecular complexity index is 1060. The molecule has 2 heterocycles. The lowest BCUT2D eigenvalue weighted by Crippen LogP contribution is -2.33. The van der Waals surface area contributed by atoms with Gasteiger partial charge in [0.25, 0.3) is 5.91 Å². The highest BCUT2D eigenvalue weighted by Crippen LogP contribution is 2.38. The summed E-state index contributed by atoms with van der Waals surface area (Å²) >= 11 is 0. The van der Waals surface area contributed by atoms with Gasteiger partial charge in [0.1, 0.15) is 11.4 Å². The minimum atomic E-state index is -0.838. The lowest BCUT2D eigenvalue weighted by Gasteiger charge is -2.25. The van der Waals surface area contributed by atoms with Crippen LogP contribution in [0.5, 0.6) is 0 Å². The van der Waals surface area contributed by atoms with Crippen LogP contribution in [0.1, 0.15) is 27.7 Å². The Kier molecular flexibility index (Phi) is 4.05. The molecule has 1 atom stereocenters. The van der Waals surface area contributed by atoms with Crippen molar-refractivity contribution in [2.75, 3.05) is 20.3 Å². The fourth-order valence-electron chi connectivity index (χ4n) is 3.41. The van der Waals surface area contributed by atoms with Gasteiger partial charge in [0.05, 0.1) is 23.6 Å². The predicted molar refractivity (Wildman–Crippen MR) is 93.6 cm³/mol. The predicted octanol–water partition coefficient (Wildman–Crippen LogP) is 3.12. The van der Waals surface area contributed by atoms with E-state index < -0.39 is 17.8 Å². The summed E-state index contributed by atoms with van der Waals surface area (Å²) in [5.41, 5.74) is 0.460. The zero-order valence-electron chi connectivity index (χ0n) is 14.1. The fourth-order valence-corrected chi connectivity index (χ4v) is 3.41. The Hall–Kier alpha value is -2.99. The SMILES string of the molecule is COCCN1C(=O)c2oc3ccccc3c(=O)c2[C@@H]1c1ccccc1F. The van der Waals surface area contributed by atoms with Crippen molar-refractivity contribution in [1.29, 1.82) is 0 Å². The van der Waals surface area contributed by atoms with E-state index in [-0.39, 0.29) is 35.5 Å². The summed E-state index contributed by atoms with van der Waals surface area (Å²) in [6.07, 6.45) is 0. The third-order valence-corrected chi connectivity index (χ3v) is 4.61. The smallest absolute Gasteiger partial charge is 0.290 e. The van der Waals surface area contributed by atoms with Crippen LogP contribution in [-0.4, -0.2) is 31.1 Å². The number of methoxy groups -OCH3 is 1. The van der Waals surface area contributed by atoms with Gasteiger partial charge in [-0.25, -0.2) is 4.39 Å². The van der Waals surface area contributed by atoms with E-state index in [4.69, 9.17) is 9.15 Å². The lowest BCUT2D eigenvalue weighted by molar-refractivity contribution is 0.0661. The highest BCUT2D eigenvalue weighted by atomic mass is 19.1. The molecule has 2 aromatic carbocycles. The van der Waals surface area contributed by atoms with E-state index in [0.29, 0.717) is 11.0 Å². The molecule has 132 valence electrons. The molecule has 0 fully saturated rings. The van der Waals surface area contributed by atoms with Gasteiger partial charge in [0.15, 0.2) is 5.43 Å². The maximum absolute atomic E-state index is 14.5. The second-order valence-corrected chi connectivity index (χ2v) is 6.09. The van der Waals surface area contributed by atoms with Crippen LogP contribution >= 0.6 is 0 Å². The first-order chi connectivity index (χ1) is 12.6. The van der Waals surface area contributed by atoms with Gasteiger partial charge < -0.3 is 14.1 Å². The van der Waals surface area contributed by atoms with Crippen molar-refractivity contribution >= 4 is 16.9 Å². The number of carbonyl (C=O) groups is 1. The molecule has 0 saturated heterocycles. The van der Waals surface area contributed by atoms with Crippen LogP contribution in [-0.2, 0) is 4.74 Å². The molecule has 0 aliphatic carbocycles. The van der Waals surface area contributed by atoms with E-state index in [1.807, 2.05) is 0 Å². The van der Waals surface area contributed by atoms with Gasteiger partial charge in [0.2, 0.25) is 5.76 Å². The largest absolute Gasteiger partial charge is 0.450 e. The van der Waals surface area contributed by atoms with Crippen LogP contribution in [0.2, 0.25) is 0 Å². The second kappa shape index (κ2) is 6.38. The monoisotopic (exact) mass is 353 g/mol. The number of halogens is 1. The molecule has 5 nitrogen and oxygen atoms in total. The average molecular weight is 353 g/mol. The summed E-state index contributed by atoms with van der Waals surface area (Å²) < 4.78 is 25.3. The zero-order chi connectivity index (χ0) is 18.3. The molecule has 1 aromatic heterocycles. The number of rotatable bonds is 4. The number of para-hydroxylation sites is 1. The number of carbonyl (C=O) groups excluding carboxylic acids is 1. The highest BCUT2D eigenvalue weighted by molar-refractivity contribution is 5.99. The molecule has 0 saturated carbocycles. The minimum absolute atomic E-state index is 0.0296. The number of fused-ring (bicyclic) bond motifs is 2. The molecular formula is C20H16FNO4. The van der Waals surface area contributed by atoms with Gasteiger partial charge in [-0.1, -0.05) is 30.3 Å². The van der Waals surface area contributed by atoms with E-state index in [2.05, 4.69) is 0 Å². The molecule has 3 aromatic rings. The molecule has 1 amide bonds.